The molecule has 4 nitrogen and oxygen atoms in total. The molecule has 1 amide bonds. The molecule has 0 atom stereocenters. The van der Waals surface area contributed by atoms with Crippen LogP contribution in [0.25, 0.3) is 0 Å². The highest BCUT2D eigenvalue weighted by Gasteiger charge is 2.28. The molecule has 20 heavy (non-hydrogen) atoms. The van der Waals surface area contributed by atoms with Crippen LogP contribution in [0, 0.1) is 0 Å². The third-order valence-corrected chi connectivity index (χ3v) is 4.97. The van der Waals surface area contributed by atoms with E-state index < -0.39 is 0 Å². The number of nitrogens with zero attached hydrogens (tertiary/aromatic N) is 2. The summed E-state index contributed by atoms with van der Waals surface area (Å²) in [5.74, 6) is 0.0240. The molecule has 2 aromatic rings. The van der Waals surface area contributed by atoms with E-state index in [1.54, 1.807) is 22.3 Å². The molecule has 2 aromatic heterocycles. The molecule has 1 saturated carbocycles. The summed E-state index contributed by atoms with van der Waals surface area (Å²) in [5, 5.41) is 2.06. The second-order valence-electron chi connectivity index (χ2n) is 5.22. The van der Waals surface area contributed by atoms with Crippen LogP contribution < -0.4 is 5.73 Å². The Morgan fingerprint density at radius 3 is 2.90 bits per heavy atom. The topological polar surface area (TPSA) is 51.3 Å². The number of aromatic nitrogens is 1. The van der Waals surface area contributed by atoms with Gasteiger partial charge in [0.1, 0.15) is 5.69 Å². The van der Waals surface area contributed by atoms with E-state index in [2.05, 4.69) is 21.3 Å². The molecule has 0 unspecified atom stereocenters. The third kappa shape index (κ3) is 2.76. The van der Waals surface area contributed by atoms with Crippen LogP contribution in [-0.4, -0.2) is 22.4 Å². The predicted molar refractivity (Wildman–Crippen MR) is 84.9 cm³/mol. The molecule has 106 valence electrons. The van der Waals surface area contributed by atoms with Gasteiger partial charge < -0.3 is 15.2 Å². The highest BCUT2D eigenvalue weighted by Crippen LogP contribution is 2.37. The Balaban J connectivity index is 1.77. The Morgan fingerprint density at radius 2 is 2.30 bits per heavy atom. The number of carbonyl (C=O) groups is 1. The number of thiophene rings is 1. The molecular weight excluding hydrogens is 338 g/mol. The lowest BCUT2D eigenvalue weighted by Crippen LogP contribution is -2.27. The minimum atomic E-state index is 0.0240. The van der Waals surface area contributed by atoms with Gasteiger partial charge in [-0.25, -0.2) is 0 Å². The van der Waals surface area contributed by atoms with Gasteiger partial charge in [0.05, 0.1) is 9.47 Å². The molecule has 0 saturated heterocycles. The molecule has 3 rings (SSSR count). The number of carbonyl (C=O) groups excluding carboxylic acids is 1. The van der Waals surface area contributed by atoms with E-state index in [1.165, 1.54) is 0 Å². The van der Waals surface area contributed by atoms with Gasteiger partial charge in [0.15, 0.2) is 0 Å². The van der Waals surface area contributed by atoms with Gasteiger partial charge in [-0.15, -0.1) is 11.3 Å². The summed E-state index contributed by atoms with van der Waals surface area (Å²) in [4.78, 5) is 14.3. The summed E-state index contributed by atoms with van der Waals surface area (Å²) >= 11 is 5.07. The molecule has 1 fully saturated rings. The van der Waals surface area contributed by atoms with Crippen molar-refractivity contribution in [2.24, 2.45) is 0 Å². The van der Waals surface area contributed by atoms with Gasteiger partial charge in [0.2, 0.25) is 0 Å². The van der Waals surface area contributed by atoms with Gasteiger partial charge >= 0.3 is 0 Å². The summed E-state index contributed by atoms with van der Waals surface area (Å²) < 4.78 is 3.11. The molecule has 0 aliphatic heterocycles. The molecule has 2 N–H and O–H groups in total. The smallest absolute Gasteiger partial charge is 0.270 e. The van der Waals surface area contributed by atoms with Crippen LogP contribution in [0.3, 0.4) is 0 Å². The first-order chi connectivity index (χ1) is 9.54. The van der Waals surface area contributed by atoms with Crippen molar-refractivity contribution in [3.63, 3.8) is 0 Å². The Labute approximate surface area is 130 Å². The van der Waals surface area contributed by atoms with Gasteiger partial charge in [-0.05, 0) is 51.8 Å². The highest BCUT2D eigenvalue weighted by molar-refractivity contribution is 9.11. The summed E-state index contributed by atoms with van der Waals surface area (Å²) in [6.45, 7) is 0.608. The maximum absolute atomic E-state index is 12.6. The number of hydrogen-bond acceptors (Lipinski definition) is 3. The predicted octanol–water partition coefficient (Wildman–Crippen LogP) is 3.50. The lowest BCUT2D eigenvalue weighted by molar-refractivity contribution is 0.0774. The van der Waals surface area contributed by atoms with Gasteiger partial charge in [-0.3, -0.25) is 4.79 Å². The SMILES string of the molecule is CN(Cc1csc(Br)c1)C(=O)c1cc(N)cn1C1CC1. The van der Waals surface area contributed by atoms with Crippen molar-refractivity contribution in [1.29, 1.82) is 0 Å². The zero-order valence-electron chi connectivity index (χ0n) is 11.2. The average Bonchev–Trinajstić information content (AvgIpc) is 3.07. The van der Waals surface area contributed by atoms with Gasteiger partial charge in [0.25, 0.3) is 5.91 Å². The van der Waals surface area contributed by atoms with Crippen LogP contribution in [0.15, 0.2) is 27.5 Å². The standard InChI is InChI=1S/C14H16BrN3OS/c1-17(6-9-4-13(15)20-8-9)14(19)12-5-10(16)7-18(12)11-2-3-11/h4-5,7-8,11H,2-3,6,16H2,1H3. The van der Waals surface area contributed by atoms with E-state index in [1.807, 2.05) is 23.9 Å². The molecule has 0 bridgehead atoms. The van der Waals surface area contributed by atoms with Crippen molar-refractivity contribution >= 4 is 38.9 Å². The Bertz CT molecular complexity index is 645. The average molecular weight is 354 g/mol. The fourth-order valence-electron chi connectivity index (χ4n) is 2.30. The van der Waals surface area contributed by atoms with Crippen LogP contribution in [0.4, 0.5) is 5.69 Å². The minimum Gasteiger partial charge on any atom is -0.397 e. The van der Waals surface area contributed by atoms with Crippen LogP contribution >= 0.6 is 27.3 Å². The highest BCUT2D eigenvalue weighted by atomic mass is 79.9. The van der Waals surface area contributed by atoms with Gasteiger partial charge in [-0.2, -0.15) is 0 Å². The first-order valence-electron chi connectivity index (χ1n) is 6.50. The Kier molecular flexibility index (Phi) is 3.60. The van der Waals surface area contributed by atoms with E-state index in [-0.39, 0.29) is 5.91 Å². The van der Waals surface area contributed by atoms with Crippen molar-refractivity contribution in [3.05, 3.63) is 38.8 Å². The molecule has 1 aliphatic rings. The molecule has 2 heterocycles. The second kappa shape index (κ2) is 5.26. The van der Waals surface area contributed by atoms with E-state index in [4.69, 9.17) is 5.73 Å². The van der Waals surface area contributed by atoms with E-state index >= 15 is 0 Å². The Morgan fingerprint density at radius 1 is 1.55 bits per heavy atom. The monoisotopic (exact) mass is 353 g/mol. The maximum Gasteiger partial charge on any atom is 0.270 e. The van der Waals surface area contributed by atoms with Crippen molar-refractivity contribution < 1.29 is 4.79 Å². The summed E-state index contributed by atoms with van der Waals surface area (Å²) in [6.07, 6.45) is 4.14. The molecule has 0 radical (unpaired) electrons. The zero-order chi connectivity index (χ0) is 14.3. The van der Waals surface area contributed by atoms with Crippen LogP contribution in [0.5, 0.6) is 0 Å². The number of halogens is 1. The normalized spacial score (nSPS) is 14.5. The fraction of sp³-hybridized carbons (Fsp3) is 0.357. The van der Waals surface area contributed by atoms with Crippen molar-refractivity contribution in [1.82, 2.24) is 9.47 Å². The summed E-state index contributed by atoms with van der Waals surface area (Å²) in [7, 11) is 1.83. The maximum atomic E-state index is 12.6. The quantitative estimate of drug-likeness (QED) is 0.914. The first kappa shape index (κ1) is 13.7. The fourth-order valence-corrected chi connectivity index (χ4v) is 3.50. The van der Waals surface area contributed by atoms with Crippen LogP contribution in [0.2, 0.25) is 0 Å². The number of hydrogen-bond donors (Lipinski definition) is 1. The summed E-state index contributed by atoms with van der Waals surface area (Å²) in [6, 6.07) is 4.28. The van der Waals surface area contributed by atoms with Gasteiger partial charge in [-0.1, -0.05) is 0 Å². The first-order valence-corrected chi connectivity index (χ1v) is 8.17. The molecule has 0 aromatic carbocycles. The van der Waals surface area contributed by atoms with Crippen molar-refractivity contribution in [2.45, 2.75) is 25.4 Å². The Hall–Kier alpha value is -1.27. The molecule has 0 spiro atoms. The zero-order valence-corrected chi connectivity index (χ0v) is 13.6. The van der Waals surface area contributed by atoms with E-state index in [0.29, 0.717) is 24.0 Å². The van der Waals surface area contributed by atoms with Crippen LogP contribution in [-0.2, 0) is 6.54 Å². The number of anilines is 1. The van der Waals surface area contributed by atoms with E-state index in [0.717, 1.165) is 22.2 Å². The van der Waals surface area contributed by atoms with Crippen molar-refractivity contribution in [2.75, 3.05) is 12.8 Å². The van der Waals surface area contributed by atoms with Crippen LogP contribution in [0.1, 0.15) is 34.9 Å². The van der Waals surface area contributed by atoms with Gasteiger partial charge in [0, 0.05) is 25.8 Å². The largest absolute Gasteiger partial charge is 0.397 e. The summed E-state index contributed by atoms with van der Waals surface area (Å²) in [5.41, 5.74) is 8.33. The molecule has 1 aliphatic carbocycles. The number of nitrogens with two attached hydrogens (primary N) is 1. The lowest BCUT2D eigenvalue weighted by Gasteiger charge is -2.17. The number of nitrogen functional groups attached to an aromatic ring is 1. The van der Waals surface area contributed by atoms with Crippen molar-refractivity contribution in [3.8, 4) is 0 Å². The number of rotatable bonds is 4. The minimum absolute atomic E-state index is 0.0240. The lowest BCUT2D eigenvalue weighted by atomic mass is 10.3. The number of amides is 1. The third-order valence-electron chi connectivity index (χ3n) is 3.42. The molecule has 6 heteroatoms. The molecular formula is C14H16BrN3OS. The van der Waals surface area contributed by atoms with E-state index in [9.17, 15) is 4.79 Å². The second-order valence-corrected chi connectivity index (χ2v) is 7.51.